The molecule has 0 fully saturated rings. The lowest BCUT2D eigenvalue weighted by molar-refractivity contribution is 0.0600. The fourth-order valence-corrected chi connectivity index (χ4v) is 1.16. The number of nitrogens with zero attached hydrogens (tertiary/aromatic N) is 1. The summed E-state index contributed by atoms with van der Waals surface area (Å²) in [5.41, 5.74) is 0.396. The van der Waals surface area contributed by atoms with E-state index in [1.165, 1.54) is 13.4 Å². The summed E-state index contributed by atoms with van der Waals surface area (Å²) in [5.74, 6) is 0.181. The van der Waals surface area contributed by atoms with Gasteiger partial charge in [0.2, 0.25) is 0 Å². The zero-order chi connectivity index (χ0) is 12.0. The van der Waals surface area contributed by atoms with Crippen LogP contribution in [0.4, 0.5) is 0 Å². The number of hydrogen-bond donors (Lipinski definition) is 1. The molecule has 0 amide bonds. The molecule has 0 saturated carbocycles. The Balaban J connectivity index is 2.41. The molecule has 5 nitrogen and oxygen atoms in total. The molecule has 5 heteroatoms. The van der Waals surface area contributed by atoms with Crippen molar-refractivity contribution in [3.8, 4) is 6.07 Å². The average molecular weight is 222 g/mol. The number of carbonyl (C=O) groups is 1. The van der Waals surface area contributed by atoms with Crippen LogP contribution in [0, 0.1) is 17.2 Å². The number of carbonyl (C=O) groups excluding carboxylic acids is 1. The summed E-state index contributed by atoms with van der Waals surface area (Å²) in [6, 6.07) is 3.74. The standard InChI is InChI=1S/C11H14N2O3/c1-8(4-12)5-13-6-10-3-9(7-16-10)11(14)15-2/h3,7-8,13H,5-6H2,1-2H3. The lowest BCUT2D eigenvalue weighted by Gasteiger charge is -2.02. The highest BCUT2D eigenvalue weighted by atomic mass is 16.5. The molecule has 1 heterocycles. The van der Waals surface area contributed by atoms with Crippen LogP contribution in [0.25, 0.3) is 0 Å². The molecule has 1 atom stereocenters. The monoisotopic (exact) mass is 222 g/mol. The molecule has 1 aromatic heterocycles. The fraction of sp³-hybridized carbons (Fsp3) is 0.455. The van der Waals surface area contributed by atoms with Crippen LogP contribution in [0.3, 0.4) is 0 Å². The van der Waals surface area contributed by atoms with Gasteiger partial charge in [0.05, 0.1) is 31.2 Å². The first-order chi connectivity index (χ1) is 7.67. The molecule has 1 unspecified atom stereocenters. The number of methoxy groups -OCH3 is 1. The van der Waals surface area contributed by atoms with Crippen LogP contribution in [0.1, 0.15) is 23.0 Å². The molecule has 0 saturated heterocycles. The zero-order valence-corrected chi connectivity index (χ0v) is 9.32. The second kappa shape index (κ2) is 5.93. The molecule has 0 aliphatic heterocycles. The molecule has 0 radical (unpaired) electrons. The summed E-state index contributed by atoms with van der Waals surface area (Å²) in [6.07, 6.45) is 1.36. The number of furan rings is 1. The minimum Gasteiger partial charge on any atom is -0.467 e. The van der Waals surface area contributed by atoms with Crippen molar-refractivity contribution in [3.05, 3.63) is 23.7 Å². The van der Waals surface area contributed by atoms with Crippen molar-refractivity contribution in [2.24, 2.45) is 5.92 Å². The first-order valence-corrected chi connectivity index (χ1v) is 4.93. The zero-order valence-electron chi connectivity index (χ0n) is 9.32. The summed E-state index contributed by atoms with van der Waals surface area (Å²) >= 11 is 0. The predicted octanol–water partition coefficient (Wildman–Crippen LogP) is 1.32. The Labute approximate surface area is 94.0 Å². The largest absolute Gasteiger partial charge is 0.467 e. The molecule has 0 bridgehead atoms. The van der Waals surface area contributed by atoms with Crippen molar-refractivity contribution in [2.45, 2.75) is 13.5 Å². The Morgan fingerprint density at radius 2 is 2.50 bits per heavy atom. The van der Waals surface area contributed by atoms with Crippen LogP contribution < -0.4 is 5.32 Å². The van der Waals surface area contributed by atoms with Gasteiger partial charge in [-0.25, -0.2) is 4.79 Å². The van der Waals surface area contributed by atoms with Gasteiger partial charge < -0.3 is 14.5 Å². The molecule has 1 N–H and O–H groups in total. The Morgan fingerprint density at radius 1 is 1.75 bits per heavy atom. The Morgan fingerprint density at radius 3 is 3.12 bits per heavy atom. The number of ether oxygens (including phenoxy) is 1. The van der Waals surface area contributed by atoms with Gasteiger partial charge in [0.25, 0.3) is 0 Å². The second-order valence-corrected chi connectivity index (χ2v) is 3.45. The minimum absolute atomic E-state index is 0.0463. The molecule has 0 spiro atoms. The van der Waals surface area contributed by atoms with E-state index in [4.69, 9.17) is 9.68 Å². The molecule has 1 aromatic rings. The van der Waals surface area contributed by atoms with Gasteiger partial charge in [-0.05, 0) is 13.0 Å². The Hall–Kier alpha value is -1.80. The summed E-state index contributed by atoms with van der Waals surface area (Å²) in [4.78, 5) is 11.1. The molecule has 86 valence electrons. The van der Waals surface area contributed by atoms with E-state index in [9.17, 15) is 4.79 Å². The van der Waals surface area contributed by atoms with Crippen molar-refractivity contribution in [1.29, 1.82) is 5.26 Å². The van der Waals surface area contributed by atoms with Crippen molar-refractivity contribution in [3.63, 3.8) is 0 Å². The summed E-state index contributed by atoms with van der Waals surface area (Å²) < 4.78 is 9.70. The van der Waals surface area contributed by atoms with E-state index in [1.54, 1.807) is 6.07 Å². The molecule has 0 aliphatic rings. The average Bonchev–Trinajstić information content (AvgIpc) is 2.76. The molecule has 16 heavy (non-hydrogen) atoms. The maximum Gasteiger partial charge on any atom is 0.341 e. The normalized spacial score (nSPS) is 11.8. The fourth-order valence-electron chi connectivity index (χ4n) is 1.16. The molecular formula is C11H14N2O3. The lowest BCUT2D eigenvalue weighted by atomic mass is 10.2. The van der Waals surface area contributed by atoms with Crippen LogP contribution in [0.5, 0.6) is 0 Å². The van der Waals surface area contributed by atoms with E-state index in [0.29, 0.717) is 24.4 Å². The predicted molar refractivity (Wildman–Crippen MR) is 56.5 cm³/mol. The lowest BCUT2D eigenvalue weighted by Crippen LogP contribution is -2.19. The third-order valence-electron chi connectivity index (χ3n) is 2.04. The first-order valence-electron chi connectivity index (χ1n) is 4.93. The Kier molecular flexibility index (Phi) is 4.55. The van der Waals surface area contributed by atoms with E-state index < -0.39 is 5.97 Å². The van der Waals surface area contributed by atoms with E-state index in [0.717, 1.165) is 0 Å². The number of nitrogens with one attached hydrogen (secondary N) is 1. The number of esters is 1. The van der Waals surface area contributed by atoms with Gasteiger partial charge in [0.1, 0.15) is 12.0 Å². The van der Waals surface area contributed by atoms with E-state index in [1.807, 2.05) is 6.92 Å². The number of rotatable bonds is 5. The highest BCUT2D eigenvalue weighted by Gasteiger charge is 2.09. The van der Waals surface area contributed by atoms with Crippen molar-refractivity contribution >= 4 is 5.97 Å². The quantitative estimate of drug-likeness (QED) is 0.760. The molecule has 0 aromatic carbocycles. The van der Waals surface area contributed by atoms with Gasteiger partial charge in [-0.1, -0.05) is 0 Å². The van der Waals surface area contributed by atoms with Crippen LogP contribution in [0.2, 0.25) is 0 Å². The third-order valence-corrected chi connectivity index (χ3v) is 2.04. The van der Waals surface area contributed by atoms with Gasteiger partial charge in [-0.3, -0.25) is 0 Å². The SMILES string of the molecule is COC(=O)c1coc(CNCC(C)C#N)c1. The minimum atomic E-state index is -0.416. The number of nitriles is 1. The van der Waals surface area contributed by atoms with E-state index in [-0.39, 0.29) is 5.92 Å². The Bertz CT molecular complexity index is 392. The van der Waals surface area contributed by atoms with Gasteiger partial charge in [-0.15, -0.1) is 0 Å². The molecule has 0 aliphatic carbocycles. The van der Waals surface area contributed by atoms with Crippen molar-refractivity contribution < 1.29 is 13.9 Å². The van der Waals surface area contributed by atoms with Gasteiger partial charge >= 0.3 is 5.97 Å². The second-order valence-electron chi connectivity index (χ2n) is 3.45. The summed E-state index contributed by atoms with van der Waals surface area (Å²) in [6.45, 7) is 2.91. The third kappa shape index (κ3) is 3.41. The topological polar surface area (TPSA) is 75.3 Å². The summed E-state index contributed by atoms with van der Waals surface area (Å²) in [7, 11) is 1.32. The van der Waals surface area contributed by atoms with Crippen LogP contribution >= 0.6 is 0 Å². The smallest absolute Gasteiger partial charge is 0.341 e. The highest BCUT2D eigenvalue weighted by molar-refractivity contribution is 5.88. The van der Waals surface area contributed by atoms with Crippen molar-refractivity contribution in [2.75, 3.05) is 13.7 Å². The van der Waals surface area contributed by atoms with Crippen LogP contribution in [0.15, 0.2) is 16.7 Å². The van der Waals surface area contributed by atoms with Gasteiger partial charge in [0.15, 0.2) is 0 Å². The molecular weight excluding hydrogens is 208 g/mol. The van der Waals surface area contributed by atoms with Gasteiger partial charge in [-0.2, -0.15) is 5.26 Å². The van der Waals surface area contributed by atoms with Crippen molar-refractivity contribution in [1.82, 2.24) is 5.32 Å². The molecule has 1 rings (SSSR count). The van der Waals surface area contributed by atoms with E-state index in [2.05, 4.69) is 16.1 Å². The van der Waals surface area contributed by atoms with Gasteiger partial charge in [0, 0.05) is 6.54 Å². The van der Waals surface area contributed by atoms with E-state index >= 15 is 0 Å². The van der Waals surface area contributed by atoms with Crippen LogP contribution in [-0.4, -0.2) is 19.6 Å². The first kappa shape index (κ1) is 12.3. The maximum absolute atomic E-state index is 11.1. The number of hydrogen-bond acceptors (Lipinski definition) is 5. The van der Waals surface area contributed by atoms with Crippen LogP contribution in [-0.2, 0) is 11.3 Å². The highest BCUT2D eigenvalue weighted by Crippen LogP contribution is 2.08. The maximum atomic E-state index is 11.1. The summed E-state index contributed by atoms with van der Waals surface area (Å²) in [5, 5.41) is 11.6.